The molecule has 1 aromatic carbocycles. The maximum Gasteiger partial charge on any atom is 0.223 e. The van der Waals surface area contributed by atoms with Crippen LogP contribution in [0.5, 0.6) is 0 Å². The van der Waals surface area contributed by atoms with E-state index in [4.69, 9.17) is 16.6 Å². The van der Waals surface area contributed by atoms with E-state index in [2.05, 4.69) is 44.9 Å². The minimum atomic E-state index is -0.0917. The Bertz CT molecular complexity index is 784. The van der Waals surface area contributed by atoms with Gasteiger partial charge in [0.1, 0.15) is 0 Å². The molecule has 2 heterocycles. The number of amides is 1. The summed E-state index contributed by atoms with van der Waals surface area (Å²) in [6.45, 7) is 8.82. The van der Waals surface area contributed by atoms with E-state index in [0.717, 1.165) is 41.3 Å². The van der Waals surface area contributed by atoms with Crippen LogP contribution in [0.2, 0.25) is 5.02 Å². The zero-order valence-corrected chi connectivity index (χ0v) is 16.2. The fourth-order valence-electron chi connectivity index (χ4n) is 3.56. The Kier molecular flexibility index (Phi) is 5.03. The molecule has 0 saturated carbocycles. The van der Waals surface area contributed by atoms with Gasteiger partial charge >= 0.3 is 0 Å². The molecule has 3 rings (SSSR count). The number of hydrogen-bond donors (Lipinski definition) is 0. The van der Waals surface area contributed by atoms with Crippen molar-refractivity contribution >= 4 is 28.4 Å². The maximum absolute atomic E-state index is 12.2. The van der Waals surface area contributed by atoms with Crippen molar-refractivity contribution in [3.8, 4) is 0 Å². The highest BCUT2D eigenvalue weighted by Gasteiger charge is 2.36. The number of fused-ring (bicyclic) bond motifs is 1. The monoisotopic (exact) mass is 359 g/mol. The molecule has 2 aromatic rings. The molecule has 1 aliphatic heterocycles. The van der Waals surface area contributed by atoms with Gasteiger partial charge in [0, 0.05) is 42.0 Å². The SMILES string of the molecule is CN(Cc1ccc2cc(Cl)ccc2n1)C[C@H]1CC(=O)N(C(C)(C)C)C1. The van der Waals surface area contributed by atoms with Gasteiger partial charge in [-0.15, -0.1) is 0 Å². The molecular formula is C20H26ClN3O. The van der Waals surface area contributed by atoms with Crippen molar-refractivity contribution in [1.29, 1.82) is 0 Å². The standard InChI is InChI=1S/C20H26ClN3O/c1-20(2,3)24-12-14(9-19(24)25)11-23(4)13-17-7-5-15-10-16(21)6-8-18(15)22-17/h5-8,10,14H,9,11-13H2,1-4H3/t14-/m1/s1. The van der Waals surface area contributed by atoms with Gasteiger partial charge in [-0.25, -0.2) is 0 Å². The first kappa shape index (κ1) is 18.2. The number of nitrogens with zero attached hydrogens (tertiary/aromatic N) is 3. The zero-order valence-electron chi connectivity index (χ0n) is 15.4. The van der Waals surface area contributed by atoms with Gasteiger partial charge in [-0.3, -0.25) is 9.78 Å². The first-order valence-electron chi connectivity index (χ1n) is 8.76. The molecule has 5 heteroatoms. The van der Waals surface area contributed by atoms with Gasteiger partial charge in [0.2, 0.25) is 5.91 Å². The summed E-state index contributed by atoms with van der Waals surface area (Å²) in [6.07, 6.45) is 0.644. The lowest BCUT2D eigenvalue weighted by atomic mass is 10.1. The number of halogens is 1. The predicted molar refractivity (Wildman–Crippen MR) is 103 cm³/mol. The van der Waals surface area contributed by atoms with E-state index in [9.17, 15) is 4.79 Å². The lowest BCUT2D eigenvalue weighted by molar-refractivity contribution is -0.131. The summed E-state index contributed by atoms with van der Waals surface area (Å²) in [5.74, 6) is 0.655. The van der Waals surface area contributed by atoms with Crippen molar-refractivity contribution in [2.24, 2.45) is 5.92 Å². The Morgan fingerprint density at radius 1 is 1.28 bits per heavy atom. The molecule has 0 bridgehead atoms. The van der Waals surface area contributed by atoms with Crippen LogP contribution in [0, 0.1) is 5.92 Å². The number of benzene rings is 1. The second-order valence-electron chi connectivity index (χ2n) is 8.08. The van der Waals surface area contributed by atoms with E-state index in [1.807, 2.05) is 23.1 Å². The van der Waals surface area contributed by atoms with E-state index >= 15 is 0 Å². The minimum absolute atomic E-state index is 0.0917. The van der Waals surface area contributed by atoms with Gasteiger partial charge < -0.3 is 9.80 Å². The van der Waals surface area contributed by atoms with Crippen molar-refractivity contribution < 1.29 is 4.79 Å². The third-order valence-corrected chi connectivity index (χ3v) is 4.96. The normalized spacial score (nSPS) is 18.6. The molecule has 1 aromatic heterocycles. The maximum atomic E-state index is 12.2. The van der Waals surface area contributed by atoms with Crippen LogP contribution in [-0.2, 0) is 11.3 Å². The molecule has 1 amide bonds. The largest absolute Gasteiger partial charge is 0.338 e. The van der Waals surface area contributed by atoms with Gasteiger partial charge in [-0.05, 0) is 58.0 Å². The van der Waals surface area contributed by atoms with Gasteiger partial charge in [0.05, 0.1) is 11.2 Å². The van der Waals surface area contributed by atoms with Gasteiger partial charge in [-0.2, -0.15) is 0 Å². The smallest absolute Gasteiger partial charge is 0.223 e. The molecule has 134 valence electrons. The number of likely N-dealkylation sites (tertiary alicyclic amines) is 1. The summed E-state index contributed by atoms with van der Waals surface area (Å²) in [4.78, 5) is 21.2. The lowest BCUT2D eigenvalue weighted by Gasteiger charge is -2.32. The summed E-state index contributed by atoms with van der Waals surface area (Å²) in [5.41, 5.74) is 1.91. The Balaban J connectivity index is 1.62. The van der Waals surface area contributed by atoms with E-state index in [-0.39, 0.29) is 11.4 Å². The van der Waals surface area contributed by atoms with Crippen LogP contribution in [0.25, 0.3) is 10.9 Å². The molecule has 0 spiro atoms. The molecule has 1 saturated heterocycles. The predicted octanol–water partition coefficient (Wildman–Crippen LogP) is 3.97. The molecule has 0 aliphatic carbocycles. The van der Waals surface area contributed by atoms with Crippen molar-refractivity contribution in [3.05, 3.63) is 41.0 Å². The van der Waals surface area contributed by atoms with Crippen LogP contribution >= 0.6 is 11.6 Å². The van der Waals surface area contributed by atoms with Crippen LogP contribution in [0.15, 0.2) is 30.3 Å². The van der Waals surface area contributed by atoms with E-state index in [1.54, 1.807) is 0 Å². The molecule has 1 aliphatic rings. The van der Waals surface area contributed by atoms with Crippen molar-refractivity contribution in [2.75, 3.05) is 20.1 Å². The van der Waals surface area contributed by atoms with E-state index < -0.39 is 0 Å². The highest BCUT2D eigenvalue weighted by molar-refractivity contribution is 6.31. The first-order chi connectivity index (χ1) is 11.7. The first-order valence-corrected chi connectivity index (χ1v) is 9.14. The fraction of sp³-hybridized carbons (Fsp3) is 0.500. The molecule has 1 atom stereocenters. The number of rotatable bonds is 4. The zero-order chi connectivity index (χ0) is 18.2. The Labute approximate surface area is 154 Å². The van der Waals surface area contributed by atoms with Gasteiger partial charge in [0.15, 0.2) is 0 Å². The third kappa shape index (κ3) is 4.31. The quantitative estimate of drug-likeness (QED) is 0.828. The summed E-state index contributed by atoms with van der Waals surface area (Å²) < 4.78 is 0. The summed E-state index contributed by atoms with van der Waals surface area (Å²) in [7, 11) is 2.10. The average Bonchev–Trinajstić information content (AvgIpc) is 2.88. The number of hydrogen-bond acceptors (Lipinski definition) is 3. The number of aromatic nitrogens is 1. The second-order valence-corrected chi connectivity index (χ2v) is 8.52. The molecule has 0 unspecified atom stereocenters. The third-order valence-electron chi connectivity index (χ3n) is 4.73. The van der Waals surface area contributed by atoms with Crippen molar-refractivity contribution in [2.45, 2.75) is 39.3 Å². The fourth-order valence-corrected chi connectivity index (χ4v) is 3.74. The minimum Gasteiger partial charge on any atom is -0.338 e. The number of pyridine rings is 1. The number of carbonyl (C=O) groups excluding carboxylic acids is 1. The lowest BCUT2D eigenvalue weighted by Crippen LogP contribution is -2.42. The van der Waals surface area contributed by atoms with E-state index in [0.29, 0.717) is 12.3 Å². The Hall–Kier alpha value is -1.65. The van der Waals surface area contributed by atoms with Crippen LogP contribution < -0.4 is 0 Å². The molecular weight excluding hydrogens is 334 g/mol. The average molecular weight is 360 g/mol. The van der Waals surface area contributed by atoms with Crippen molar-refractivity contribution in [1.82, 2.24) is 14.8 Å². The molecule has 0 N–H and O–H groups in total. The topological polar surface area (TPSA) is 36.4 Å². The summed E-state index contributed by atoms with van der Waals surface area (Å²) in [6, 6.07) is 9.88. The van der Waals surface area contributed by atoms with Gasteiger partial charge in [0.25, 0.3) is 0 Å². The Morgan fingerprint density at radius 2 is 2.04 bits per heavy atom. The Morgan fingerprint density at radius 3 is 2.72 bits per heavy atom. The van der Waals surface area contributed by atoms with Crippen LogP contribution in [-0.4, -0.2) is 46.4 Å². The van der Waals surface area contributed by atoms with Crippen LogP contribution in [0.1, 0.15) is 32.9 Å². The number of carbonyl (C=O) groups is 1. The van der Waals surface area contributed by atoms with E-state index in [1.165, 1.54) is 0 Å². The highest BCUT2D eigenvalue weighted by Crippen LogP contribution is 2.26. The van der Waals surface area contributed by atoms with Crippen LogP contribution in [0.3, 0.4) is 0 Å². The molecule has 0 radical (unpaired) electrons. The highest BCUT2D eigenvalue weighted by atomic mass is 35.5. The van der Waals surface area contributed by atoms with Gasteiger partial charge in [-0.1, -0.05) is 17.7 Å². The van der Waals surface area contributed by atoms with Crippen molar-refractivity contribution in [3.63, 3.8) is 0 Å². The summed E-state index contributed by atoms with van der Waals surface area (Å²) >= 11 is 6.03. The molecule has 4 nitrogen and oxygen atoms in total. The summed E-state index contributed by atoms with van der Waals surface area (Å²) in [5, 5.41) is 1.79. The molecule has 25 heavy (non-hydrogen) atoms. The molecule has 1 fully saturated rings. The van der Waals surface area contributed by atoms with Crippen LogP contribution in [0.4, 0.5) is 0 Å². The second kappa shape index (κ2) is 6.93.